The second kappa shape index (κ2) is 8.48. The number of nitrogens with one attached hydrogen (secondary N) is 2. The number of carbonyl (C=O) groups excluding carboxylic acids is 2. The van der Waals surface area contributed by atoms with Gasteiger partial charge in [0.25, 0.3) is 5.91 Å². The quantitative estimate of drug-likeness (QED) is 0.862. The summed E-state index contributed by atoms with van der Waals surface area (Å²) < 4.78 is 0. The zero-order chi connectivity index (χ0) is 18.4. The van der Waals surface area contributed by atoms with Crippen molar-refractivity contribution >= 4 is 17.5 Å². The van der Waals surface area contributed by atoms with Gasteiger partial charge in [-0.3, -0.25) is 9.59 Å². The van der Waals surface area contributed by atoms with Crippen molar-refractivity contribution < 1.29 is 9.59 Å². The van der Waals surface area contributed by atoms with Gasteiger partial charge in [0.15, 0.2) is 0 Å². The first-order chi connectivity index (χ1) is 11.8. The van der Waals surface area contributed by atoms with E-state index in [2.05, 4.69) is 10.6 Å². The topological polar surface area (TPSA) is 61.4 Å². The zero-order valence-corrected chi connectivity index (χ0v) is 15.9. The van der Waals surface area contributed by atoms with Crippen LogP contribution in [0, 0.1) is 11.3 Å². The molecule has 1 aromatic carbocycles. The number of hydrogen-bond donors (Lipinski definition) is 2. The predicted molar refractivity (Wildman–Crippen MR) is 102 cm³/mol. The Morgan fingerprint density at radius 3 is 2.40 bits per heavy atom. The lowest BCUT2D eigenvalue weighted by Crippen LogP contribution is -2.39. The third-order valence-electron chi connectivity index (χ3n) is 4.79. The van der Waals surface area contributed by atoms with Crippen molar-refractivity contribution in [2.45, 2.75) is 40.0 Å². The number of hydrogen-bond acceptors (Lipinski definition) is 3. The van der Waals surface area contributed by atoms with Crippen LogP contribution in [0.5, 0.6) is 0 Å². The van der Waals surface area contributed by atoms with Gasteiger partial charge in [-0.1, -0.05) is 32.9 Å². The van der Waals surface area contributed by atoms with Crippen molar-refractivity contribution in [1.29, 1.82) is 0 Å². The Bertz CT molecular complexity index is 599. The summed E-state index contributed by atoms with van der Waals surface area (Å²) in [6, 6.07) is 7.29. The van der Waals surface area contributed by atoms with E-state index in [-0.39, 0.29) is 11.8 Å². The van der Waals surface area contributed by atoms with E-state index >= 15 is 0 Å². The molecule has 25 heavy (non-hydrogen) atoms. The summed E-state index contributed by atoms with van der Waals surface area (Å²) in [4.78, 5) is 27.1. The molecule has 1 heterocycles. The molecule has 0 aromatic heterocycles. The molecular weight excluding hydrogens is 314 g/mol. The molecule has 1 aliphatic rings. The van der Waals surface area contributed by atoms with Crippen LogP contribution in [0.1, 0.15) is 50.4 Å². The third kappa shape index (κ3) is 5.30. The maximum absolute atomic E-state index is 12.9. The van der Waals surface area contributed by atoms with Gasteiger partial charge in [-0.2, -0.15) is 0 Å². The molecule has 0 unspecified atom stereocenters. The van der Waals surface area contributed by atoms with Gasteiger partial charge in [0, 0.05) is 18.5 Å². The third-order valence-corrected chi connectivity index (χ3v) is 4.79. The van der Waals surface area contributed by atoms with Crippen molar-refractivity contribution in [3.63, 3.8) is 0 Å². The Kier molecular flexibility index (Phi) is 6.59. The molecule has 1 saturated heterocycles. The summed E-state index contributed by atoms with van der Waals surface area (Å²) in [5.41, 5.74) is 0.681. The summed E-state index contributed by atoms with van der Waals surface area (Å²) in [7, 11) is 1.97. The summed E-state index contributed by atoms with van der Waals surface area (Å²) in [5, 5.41) is 6.10. The van der Waals surface area contributed by atoms with Crippen LogP contribution in [0.15, 0.2) is 24.3 Å². The lowest BCUT2D eigenvalue weighted by atomic mass is 9.93. The molecule has 138 valence electrons. The van der Waals surface area contributed by atoms with Crippen LogP contribution in [0.2, 0.25) is 0 Å². The molecular formula is C20H31N3O2. The number of nitrogens with zero attached hydrogens (tertiary/aromatic N) is 1. The highest BCUT2D eigenvalue weighted by Crippen LogP contribution is 2.25. The van der Waals surface area contributed by atoms with E-state index in [1.165, 1.54) is 0 Å². The largest absolute Gasteiger partial charge is 0.339 e. The van der Waals surface area contributed by atoms with Crippen LogP contribution < -0.4 is 10.6 Å². The Morgan fingerprint density at radius 2 is 1.80 bits per heavy atom. The minimum atomic E-state index is -0.498. The molecule has 2 amide bonds. The number of amides is 2. The minimum Gasteiger partial charge on any atom is -0.339 e. The average molecular weight is 345 g/mol. The monoisotopic (exact) mass is 345 g/mol. The summed E-state index contributed by atoms with van der Waals surface area (Å²) >= 11 is 0. The van der Waals surface area contributed by atoms with Gasteiger partial charge in [0.2, 0.25) is 5.91 Å². The maximum Gasteiger partial charge on any atom is 0.255 e. The first-order valence-electron chi connectivity index (χ1n) is 9.17. The second-order valence-corrected chi connectivity index (χ2v) is 7.88. The Labute approximate surface area is 151 Å². The van der Waals surface area contributed by atoms with E-state index in [1.807, 2.05) is 44.9 Å². The number of carbonyl (C=O) groups is 2. The highest BCUT2D eigenvalue weighted by molar-refractivity contribution is 6.04. The first-order valence-corrected chi connectivity index (χ1v) is 9.17. The van der Waals surface area contributed by atoms with E-state index in [0.717, 1.165) is 38.9 Å². The standard InChI is InChI=1S/C20H31N3O2/c1-20(2,3)19(25)22-17-8-6-5-7-16(17)18(24)23-13-10-15(11-14-23)9-12-21-4/h5-8,15,21H,9-14H2,1-4H3,(H,22,25). The zero-order valence-electron chi connectivity index (χ0n) is 15.9. The average Bonchev–Trinajstić information content (AvgIpc) is 2.59. The van der Waals surface area contributed by atoms with Crippen LogP contribution in [0.25, 0.3) is 0 Å². The van der Waals surface area contributed by atoms with E-state index in [0.29, 0.717) is 17.2 Å². The minimum absolute atomic E-state index is 0.0110. The molecule has 2 N–H and O–H groups in total. The lowest BCUT2D eigenvalue weighted by molar-refractivity contribution is -0.123. The lowest BCUT2D eigenvalue weighted by Gasteiger charge is -2.32. The number of rotatable bonds is 5. The summed E-state index contributed by atoms with van der Waals surface area (Å²) in [5.74, 6) is 0.614. The molecule has 5 nitrogen and oxygen atoms in total. The van der Waals surface area contributed by atoms with Gasteiger partial charge < -0.3 is 15.5 Å². The Morgan fingerprint density at radius 1 is 1.16 bits per heavy atom. The van der Waals surface area contributed by atoms with Gasteiger partial charge in [0.05, 0.1) is 11.3 Å². The van der Waals surface area contributed by atoms with Crippen molar-refractivity contribution in [2.24, 2.45) is 11.3 Å². The van der Waals surface area contributed by atoms with Crippen molar-refractivity contribution in [3.05, 3.63) is 29.8 Å². The van der Waals surface area contributed by atoms with Crippen LogP contribution in [0.3, 0.4) is 0 Å². The maximum atomic E-state index is 12.9. The van der Waals surface area contributed by atoms with Crippen LogP contribution in [-0.4, -0.2) is 43.4 Å². The first kappa shape index (κ1) is 19.4. The van der Waals surface area contributed by atoms with E-state index < -0.39 is 5.41 Å². The van der Waals surface area contributed by atoms with E-state index in [9.17, 15) is 9.59 Å². The highest BCUT2D eigenvalue weighted by Gasteiger charge is 2.27. The smallest absolute Gasteiger partial charge is 0.255 e. The normalized spacial score (nSPS) is 15.9. The highest BCUT2D eigenvalue weighted by atomic mass is 16.2. The molecule has 1 aromatic rings. The van der Waals surface area contributed by atoms with Crippen LogP contribution in [0.4, 0.5) is 5.69 Å². The van der Waals surface area contributed by atoms with Gasteiger partial charge in [0.1, 0.15) is 0 Å². The molecule has 0 radical (unpaired) electrons. The fraction of sp³-hybridized carbons (Fsp3) is 0.600. The predicted octanol–water partition coefficient (Wildman–Crippen LogP) is 3.13. The van der Waals surface area contributed by atoms with E-state index in [1.54, 1.807) is 12.1 Å². The van der Waals surface area contributed by atoms with E-state index in [4.69, 9.17) is 0 Å². The fourth-order valence-electron chi connectivity index (χ4n) is 3.03. The van der Waals surface area contributed by atoms with Crippen LogP contribution >= 0.6 is 0 Å². The molecule has 0 bridgehead atoms. The molecule has 1 aliphatic heterocycles. The van der Waals surface area contributed by atoms with Crippen molar-refractivity contribution in [3.8, 4) is 0 Å². The second-order valence-electron chi connectivity index (χ2n) is 7.88. The molecule has 0 saturated carbocycles. The number of likely N-dealkylation sites (tertiary alicyclic amines) is 1. The molecule has 0 spiro atoms. The molecule has 5 heteroatoms. The molecule has 0 aliphatic carbocycles. The Balaban J connectivity index is 2.04. The van der Waals surface area contributed by atoms with Crippen molar-refractivity contribution in [1.82, 2.24) is 10.2 Å². The summed E-state index contributed by atoms with van der Waals surface area (Å²) in [6.45, 7) is 8.19. The number of para-hydroxylation sites is 1. The van der Waals surface area contributed by atoms with Gasteiger partial charge in [-0.15, -0.1) is 0 Å². The molecule has 2 rings (SSSR count). The number of piperidine rings is 1. The van der Waals surface area contributed by atoms with Gasteiger partial charge >= 0.3 is 0 Å². The summed E-state index contributed by atoms with van der Waals surface area (Å²) in [6.07, 6.45) is 3.25. The fourth-order valence-corrected chi connectivity index (χ4v) is 3.03. The Hall–Kier alpha value is -1.88. The SMILES string of the molecule is CNCCC1CCN(C(=O)c2ccccc2NC(=O)C(C)(C)C)CC1. The molecule has 0 atom stereocenters. The van der Waals surface area contributed by atoms with Gasteiger partial charge in [-0.25, -0.2) is 0 Å². The van der Waals surface area contributed by atoms with Crippen LogP contribution in [-0.2, 0) is 4.79 Å². The van der Waals surface area contributed by atoms with Gasteiger partial charge in [-0.05, 0) is 50.9 Å². The number of anilines is 1. The number of benzene rings is 1. The molecule has 1 fully saturated rings. The van der Waals surface area contributed by atoms with Crippen molar-refractivity contribution in [2.75, 3.05) is 32.0 Å².